The highest BCUT2D eigenvalue weighted by Gasteiger charge is 1.97. The molecule has 0 N–H and O–H groups in total. The summed E-state index contributed by atoms with van der Waals surface area (Å²) < 4.78 is 5.08. The SMILES string of the molecule is C=C=COc1ccc(C(C)=O)cc1. The molecule has 0 aromatic heterocycles. The minimum absolute atomic E-state index is 0.0470. The van der Waals surface area contributed by atoms with Crippen LogP contribution in [-0.2, 0) is 0 Å². The topological polar surface area (TPSA) is 26.3 Å². The molecular formula is C11H10O2. The highest BCUT2D eigenvalue weighted by molar-refractivity contribution is 5.94. The van der Waals surface area contributed by atoms with Crippen molar-refractivity contribution in [3.05, 3.63) is 48.4 Å². The van der Waals surface area contributed by atoms with Crippen LogP contribution in [0, 0.1) is 0 Å². The second-order valence-corrected chi connectivity index (χ2v) is 2.52. The summed E-state index contributed by atoms with van der Waals surface area (Å²) >= 11 is 0. The van der Waals surface area contributed by atoms with Crippen molar-refractivity contribution in [1.29, 1.82) is 0 Å². The highest BCUT2D eigenvalue weighted by atomic mass is 16.5. The van der Waals surface area contributed by atoms with Crippen LogP contribution in [0.4, 0.5) is 0 Å². The summed E-state index contributed by atoms with van der Waals surface area (Å²) in [6, 6.07) is 6.89. The van der Waals surface area contributed by atoms with Gasteiger partial charge in [0.1, 0.15) is 12.0 Å². The number of benzene rings is 1. The van der Waals surface area contributed by atoms with Gasteiger partial charge < -0.3 is 4.74 Å². The van der Waals surface area contributed by atoms with Crippen LogP contribution >= 0.6 is 0 Å². The molecule has 0 aliphatic heterocycles. The van der Waals surface area contributed by atoms with Crippen LogP contribution in [0.1, 0.15) is 17.3 Å². The van der Waals surface area contributed by atoms with E-state index in [1.54, 1.807) is 24.3 Å². The summed E-state index contributed by atoms with van der Waals surface area (Å²) in [5, 5.41) is 0. The summed E-state index contributed by atoms with van der Waals surface area (Å²) in [5.74, 6) is 0.715. The zero-order valence-electron chi connectivity index (χ0n) is 7.41. The summed E-state index contributed by atoms with van der Waals surface area (Å²) in [6.45, 7) is 4.89. The van der Waals surface area contributed by atoms with Gasteiger partial charge in [-0.25, -0.2) is 0 Å². The number of carbonyl (C=O) groups excluding carboxylic acids is 1. The Hall–Kier alpha value is -1.79. The van der Waals surface area contributed by atoms with Gasteiger partial charge in [0.2, 0.25) is 0 Å². The van der Waals surface area contributed by atoms with E-state index in [1.807, 2.05) is 0 Å². The fourth-order valence-corrected chi connectivity index (χ4v) is 0.878. The Morgan fingerprint density at radius 1 is 1.46 bits per heavy atom. The van der Waals surface area contributed by atoms with Crippen molar-refractivity contribution in [2.45, 2.75) is 6.92 Å². The third-order valence-corrected chi connectivity index (χ3v) is 1.54. The van der Waals surface area contributed by atoms with E-state index in [4.69, 9.17) is 4.74 Å². The number of ether oxygens (including phenoxy) is 1. The molecule has 0 bridgehead atoms. The van der Waals surface area contributed by atoms with Crippen LogP contribution in [0.3, 0.4) is 0 Å². The van der Waals surface area contributed by atoms with E-state index in [-0.39, 0.29) is 5.78 Å². The van der Waals surface area contributed by atoms with E-state index in [0.717, 1.165) is 0 Å². The summed E-state index contributed by atoms with van der Waals surface area (Å²) in [7, 11) is 0. The zero-order valence-corrected chi connectivity index (χ0v) is 7.41. The fraction of sp³-hybridized carbons (Fsp3) is 0.0909. The fourth-order valence-electron chi connectivity index (χ4n) is 0.878. The quantitative estimate of drug-likeness (QED) is 0.400. The molecule has 0 spiro atoms. The normalized spacial score (nSPS) is 8.69. The Bertz CT molecular complexity index is 343. The molecule has 0 unspecified atom stereocenters. The molecule has 0 heterocycles. The van der Waals surface area contributed by atoms with Crippen molar-refractivity contribution in [2.24, 2.45) is 0 Å². The zero-order chi connectivity index (χ0) is 9.68. The molecule has 66 valence electrons. The van der Waals surface area contributed by atoms with Crippen molar-refractivity contribution in [3.63, 3.8) is 0 Å². The maximum Gasteiger partial charge on any atom is 0.159 e. The molecule has 0 radical (unpaired) electrons. The minimum Gasteiger partial charge on any atom is -0.457 e. The first-order valence-corrected chi connectivity index (χ1v) is 3.86. The molecule has 1 aromatic carbocycles. The molecule has 2 nitrogen and oxygen atoms in total. The van der Waals surface area contributed by atoms with Gasteiger partial charge in [0, 0.05) is 5.56 Å². The first-order valence-electron chi connectivity index (χ1n) is 3.86. The van der Waals surface area contributed by atoms with Crippen LogP contribution in [0.15, 0.2) is 42.8 Å². The van der Waals surface area contributed by atoms with Gasteiger partial charge in [0.15, 0.2) is 5.78 Å². The molecule has 0 aliphatic rings. The van der Waals surface area contributed by atoms with Gasteiger partial charge in [-0.1, -0.05) is 12.3 Å². The predicted molar refractivity (Wildman–Crippen MR) is 50.8 cm³/mol. The van der Waals surface area contributed by atoms with E-state index in [2.05, 4.69) is 12.3 Å². The van der Waals surface area contributed by atoms with Gasteiger partial charge in [-0.05, 0) is 31.2 Å². The van der Waals surface area contributed by atoms with Crippen LogP contribution in [0.5, 0.6) is 5.75 Å². The number of hydrogen-bond acceptors (Lipinski definition) is 2. The molecule has 0 saturated carbocycles. The third-order valence-electron chi connectivity index (χ3n) is 1.54. The van der Waals surface area contributed by atoms with Crippen molar-refractivity contribution in [1.82, 2.24) is 0 Å². The highest BCUT2D eigenvalue weighted by Crippen LogP contribution is 2.12. The summed E-state index contributed by atoms with van der Waals surface area (Å²) in [5.41, 5.74) is 3.17. The van der Waals surface area contributed by atoms with E-state index in [1.165, 1.54) is 13.2 Å². The standard InChI is InChI=1S/C11H10O2/c1-3-8-13-11-6-4-10(5-7-11)9(2)12/h4-8H,1H2,2H3. The first kappa shape index (κ1) is 9.30. The van der Waals surface area contributed by atoms with Crippen molar-refractivity contribution >= 4 is 5.78 Å². The molecule has 0 saturated heterocycles. The average molecular weight is 174 g/mol. The van der Waals surface area contributed by atoms with Crippen molar-refractivity contribution in [2.75, 3.05) is 0 Å². The molecular weight excluding hydrogens is 164 g/mol. The second-order valence-electron chi connectivity index (χ2n) is 2.52. The van der Waals surface area contributed by atoms with Gasteiger partial charge >= 0.3 is 0 Å². The van der Waals surface area contributed by atoms with Crippen LogP contribution in [0.25, 0.3) is 0 Å². The van der Waals surface area contributed by atoms with E-state index >= 15 is 0 Å². The largest absolute Gasteiger partial charge is 0.457 e. The Kier molecular flexibility index (Phi) is 3.07. The van der Waals surface area contributed by atoms with Gasteiger partial charge in [0.25, 0.3) is 0 Å². The molecule has 13 heavy (non-hydrogen) atoms. The minimum atomic E-state index is 0.0470. The first-order chi connectivity index (χ1) is 6.24. The molecule has 0 fully saturated rings. The lowest BCUT2D eigenvalue weighted by Gasteiger charge is -1.99. The summed E-state index contributed by atoms with van der Waals surface area (Å²) in [6.07, 6.45) is 1.36. The Morgan fingerprint density at radius 3 is 2.54 bits per heavy atom. The third kappa shape index (κ3) is 2.62. The van der Waals surface area contributed by atoms with Crippen molar-refractivity contribution < 1.29 is 9.53 Å². The molecule has 1 aromatic rings. The monoisotopic (exact) mass is 174 g/mol. The lowest BCUT2D eigenvalue weighted by Crippen LogP contribution is -1.90. The smallest absolute Gasteiger partial charge is 0.159 e. The van der Waals surface area contributed by atoms with Crippen LogP contribution in [0.2, 0.25) is 0 Å². The van der Waals surface area contributed by atoms with Gasteiger partial charge in [0.05, 0.1) is 0 Å². The van der Waals surface area contributed by atoms with Gasteiger partial charge in [-0.2, -0.15) is 0 Å². The number of rotatable bonds is 3. The van der Waals surface area contributed by atoms with Gasteiger partial charge in [-0.15, -0.1) is 0 Å². The molecule has 2 heteroatoms. The lowest BCUT2D eigenvalue weighted by atomic mass is 10.1. The Morgan fingerprint density at radius 2 is 2.08 bits per heavy atom. The number of hydrogen-bond donors (Lipinski definition) is 0. The summed E-state index contributed by atoms with van der Waals surface area (Å²) in [4.78, 5) is 10.9. The number of ketones is 1. The Balaban J connectivity index is 2.80. The maximum absolute atomic E-state index is 10.9. The lowest BCUT2D eigenvalue weighted by molar-refractivity contribution is 0.101. The maximum atomic E-state index is 10.9. The Labute approximate surface area is 77.2 Å². The van der Waals surface area contributed by atoms with Crippen molar-refractivity contribution in [3.8, 4) is 5.75 Å². The predicted octanol–water partition coefficient (Wildman–Crippen LogP) is 2.57. The molecule has 0 amide bonds. The second kappa shape index (κ2) is 4.29. The molecule has 0 atom stereocenters. The number of carbonyl (C=O) groups is 1. The molecule has 0 aliphatic carbocycles. The van der Waals surface area contributed by atoms with E-state index in [9.17, 15) is 4.79 Å². The van der Waals surface area contributed by atoms with Crippen LogP contribution in [-0.4, -0.2) is 5.78 Å². The van der Waals surface area contributed by atoms with E-state index in [0.29, 0.717) is 11.3 Å². The number of Topliss-reactive ketones (excluding diaryl/α,β-unsaturated/α-hetero) is 1. The van der Waals surface area contributed by atoms with Gasteiger partial charge in [-0.3, -0.25) is 4.79 Å². The van der Waals surface area contributed by atoms with Crippen LogP contribution < -0.4 is 4.74 Å². The average Bonchev–Trinajstić information content (AvgIpc) is 2.15. The van der Waals surface area contributed by atoms with E-state index < -0.39 is 0 Å². The molecule has 1 rings (SSSR count).